The van der Waals surface area contributed by atoms with Gasteiger partial charge in [-0.05, 0) is 74.8 Å². The number of aliphatic hydroxyl groups excluding tert-OH is 1. The van der Waals surface area contributed by atoms with Crippen LogP contribution in [0.25, 0.3) is 0 Å². The molecular weight excluding hydrogens is 510 g/mol. The Morgan fingerprint density at radius 2 is 1.65 bits per heavy atom. The van der Waals surface area contributed by atoms with Crippen LogP contribution >= 0.6 is 11.3 Å². The van der Waals surface area contributed by atoms with Gasteiger partial charge >= 0.3 is 5.97 Å². The zero-order valence-electron chi connectivity index (χ0n) is 23.8. The van der Waals surface area contributed by atoms with Crippen LogP contribution in [0.3, 0.4) is 0 Å². The van der Waals surface area contributed by atoms with Gasteiger partial charge in [0.25, 0.3) is 10.0 Å². The molecule has 0 aliphatic rings. The van der Waals surface area contributed by atoms with Crippen molar-refractivity contribution >= 4 is 27.3 Å². The number of hydrogen-bond donors (Lipinski definition) is 2. The van der Waals surface area contributed by atoms with E-state index in [0.717, 1.165) is 28.8 Å². The molecule has 37 heavy (non-hydrogen) atoms. The lowest BCUT2D eigenvalue weighted by atomic mass is 9.74. The normalized spacial score (nSPS) is 13.9. The molecule has 9 heteroatoms. The fourth-order valence-electron chi connectivity index (χ4n) is 4.32. The van der Waals surface area contributed by atoms with Crippen molar-refractivity contribution < 1.29 is 27.8 Å². The van der Waals surface area contributed by atoms with Gasteiger partial charge in [0, 0.05) is 10.3 Å². The number of carbonyl (C=O) groups excluding carboxylic acids is 1. The number of nitrogens with one attached hydrogen (secondary N) is 1. The summed E-state index contributed by atoms with van der Waals surface area (Å²) in [7, 11) is -2.73. The van der Waals surface area contributed by atoms with Crippen LogP contribution in [0.15, 0.2) is 28.5 Å². The van der Waals surface area contributed by atoms with Gasteiger partial charge in [0.15, 0.2) is 0 Å². The summed E-state index contributed by atoms with van der Waals surface area (Å²) in [6.07, 6.45) is 0.947. The molecular formula is C28H43NO6S2. The number of esters is 1. The van der Waals surface area contributed by atoms with E-state index >= 15 is 0 Å². The van der Waals surface area contributed by atoms with E-state index in [1.807, 2.05) is 45.9 Å². The Balaban J connectivity index is 2.46. The average Bonchev–Trinajstić information content (AvgIpc) is 3.20. The number of rotatable bonds is 11. The van der Waals surface area contributed by atoms with Crippen LogP contribution in [0.4, 0.5) is 0 Å². The van der Waals surface area contributed by atoms with Gasteiger partial charge in [0.1, 0.15) is 22.1 Å². The maximum Gasteiger partial charge on any atom is 0.326 e. The number of methoxy groups -OCH3 is 1. The van der Waals surface area contributed by atoms with E-state index in [1.54, 1.807) is 6.92 Å². The maximum atomic E-state index is 13.3. The molecule has 1 aromatic carbocycles. The van der Waals surface area contributed by atoms with Crippen LogP contribution in [0.5, 0.6) is 5.75 Å². The molecule has 0 bridgehead atoms. The van der Waals surface area contributed by atoms with Crippen molar-refractivity contribution in [2.75, 3.05) is 13.7 Å². The minimum atomic E-state index is -3.96. The highest BCUT2D eigenvalue weighted by Crippen LogP contribution is 2.45. The van der Waals surface area contributed by atoms with E-state index in [2.05, 4.69) is 24.6 Å². The summed E-state index contributed by atoms with van der Waals surface area (Å²) in [5, 5.41) is 10.4. The molecule has 1 unspecified atom stereocenters. The van der Waals surface area contributed by atoms with Gasteiger partial charge in [0.05, 0.1) is 13.2 Å². The minimum Gasteiger partial charge on any atom is -0.491 e. The molecule has 0 amide bonds. The Morgan fingerprint density at radius 3 is 2.14 bits per heavy atom. The summed E-state index contributed by atoms with van der Waals surface area (Å²) in [6, 6.07) is 7.99. The van der Waals surface area contributed by atoms with Crippen molar-refractivity contribution in [3.05, 3.63) is 45.8 Å². The second-order valence-electron chi connectivity index (χ2n) is 11.3. The van der Waals surface area contributed by atoms with Gasteiger partial charge in [-0.15, -0.1) is 11.3 Å². The van der Waals surface area contributed by atoms with Crippen molar-refractivity contribution in [3.63, 3.8) is 0 Å². The molecule has 208 valence electrons. The molecule has 2 rings (SSSR count). The molecule has 0 saturated carbocycles. The Morgan fingerprint density at radius 1 is 1.05 bits per heavy atom. The number of hydrogen-bond acceptors (Lipinski definition) is 7. The molecule has 1 atom stereocenters. The summed E-state index contributed by atoms with van der Waals surface area (Å²) in [5.41, 5.74) is 0.592. The second kappa shape index (κ2) is 11.4. The van der Waals surface area contributed by atoms with Crippen LogP contribution in [-0.4, -0.2) is 44.9 Å². The summed E-state index contributed by atoms with van der Waals surface area (Å²) in [6.45, 7) is 17.0. The van der Waals surface area contributed by atoms with Crippen LogP contribution in [0.2, 0.25) is 0 Å². The van der Waals surface area contributed by atoms with E-state index < -0.39 is 33.1 Å². The van der Waals surface area contributed by atoms with E-state index in [-0.39, 0.29) is 16.2 Å². The number of ether oxygens (including phenoxy) is 2. The number of sulfonamides is 1. The highest BCUT2D eigenvalue weighted by Gasteiger charge is 2.38. The summed E-state index contributed by atoms with van der Waals surface area (Å²) in [5.74, 6) is 0.0581. The molecule has 2 aromatic rings. The molecule has 0 radical (unpaired) electrons. The Labute approximate surface area is 226 Å². The van der Waals surface area contributed by atoms with E-state index in [9.17, 15) is 18.3 Å². The van der Waals surface area contributed by atoms with Crippen molar-refractivity contribution in [1.82, 2.24) is 4.72 Å². The van der Waals surface area contributed by atoms with Gasteiger partial charge in [-0.1, -0.05) is 46.8 Å². The lowest BCUT2D eigenvalue weighted by molar-refractivity contribution is -0.146. The molecule has 1 aromatic heterocycles. The van der Waals surface area contributed by atoms with Crippen molar-refractivity contribution in [2.45, 2.75) is 96.4 Å². The van der Waals surface area contributed by atoms with Crippen molar-refractivity contribution in [3.8, 4) is 5.75 Å². The Bertz CT molecular complexity index is 1200. The van der Waals surface area contributed by atoms with Crippen LogP contribution < -0.4 is 9.46 Å². The zero-order valence-corrected chi connectivity index (χ0v) is 25.4. The first-order valence-corrected chi connectivity index (χ1v) is 14.9. The number of carbonyl (C=O) groups is 1. The number of aryl methyl sites for hydroxylation is 2. The van der Waals surface area contributed by atoms with Gasteiger partial charge in [-0.25, -0.2) is 8.42 Å². The van der Waals surface area contributed by atoms with Crippen molar-refractivity contribution in [2.24, 2.45) is 5.41 Å². The molecule has 0 spiro atoms. The van der Waals surface area contributed by atoms with Gasteiger partial charge in [0.2, 0.25) is 0 Å². The average molecular weight is 554 g/mol. The van der Waals surface area contributed by atoms with Crippen LogP contribution in [0, 0.1) is 19.3 Å². The summed E-state index contributed by atoms with van der Waals surface area (Å²) < 4.78 is 40.0. The second-order valence-corrected chi connectivity index (χ2v) is 14.2. The first-order chi connectivity index (χ1) is 16.9. The van der Waals surface area contributed by atoms with Gasteiger partial charge < -0.3 is 14.6 Å². The molecule has 0 aliphatic carbocycles. The minimum absolute atomic E-state index is 0.193. The first kappa shape index (κ1) is 31.3. The maximum absolute atomic E-state index is 13.3. The molecule has 0 aliphatic heterocycles. The monoisotopic (exact) mass is 553 g/mol. The van der Waals surface area contributed by atoms with E-state index in [1.165, 1.54) is 32.3 Å². The lowest BCUT2D eigenvalue weighted by Gasteiger charge is -2.32. The highest BCUT2D eigenvalue weighted by molar-refractivity contribution is 7.91. The molecule has 0 saturated heterocycles. The zero-order chi connectivity index (χ0) is 28.4. The third-order valence-electron chi connectivity index (χ3n) is 7.00. The highest BCUT2D eigenvalue weighted by atomic mass is 32.2. The topological polar surface area (TPSA) is 102 Å². The Hall–Kier alpha value is -1.94. The Kier molecular flexibility index (Phi) is 9.67. The number of aliphatic hydroxyl groups is 1. The van der Waals surface area contributed by atoms with Crippen LogP contribution in [0.1, 0.15) is 82.9 Å². The van der Waals surface area contributed by atoms with Gasteiger partial charge in [-0.3, -0.25) is 4.79 Å². The number of thiophene rings is 1. The SMILES string of the molecule is CCC(CC)(c1ccc(OCC(O)C(C)(C)C)c(C)c1)c1cc(C)c(S(=O)(=O)NC(C)(C)C(=O)OC)s1. The van der Waals surface area contributed by atoms with Crippen molar-refractivity contribution in [1.29, 1.82) is 0 Å². The third-order valence-corrected chi connectivity index (χ3v) is 10.7. The molecule has 7 nitrogen and oxygen atoms in total. The smallest absolute Gasteiger partial charge is 0.326 e. The molecule has 2 N–H and O–H groups in total. The first-order valence-electron chi connectivity index (χ1n) is 12.6. The summed E-state index contributed by atoms with van der Waals surface area (Å²) in [4.78, 5) is 13.0. The fourth-order valence-corrected chi connectivity index (χ4v) is 7.74. The summed E-state index contributed by atoms with van der Waals surface area (Å²) >= 11 is 1.24. The standard InChI is InChI=1S/C28H43NO6S2/c1-11-28(12-2,20-13-14-21(18(3)15-20)35-17-22(30)26(5,6)7)23-16-19(4)24(36-23)37(32,33)29-27(8,9)25(31)34-10/h13-16,22,29-30H,11-12,17H2,1-10H3. The quantitative estimate of drug-likeness (QED) is 0.357. The predicted octanol–water partition coefficient (Wildman–Crippen LogP) is 5.49. The van der Waals surface area contributed by atoms with Gasteiger partial charge in [-0.2, -0.15) is 4.72 Å². The van der Waals surface area contributed by atoms with Crippen LogP contribution in [-0.2, 0) is 25.0 Å². The fraction of sp³-hybridized carbons (Fsp3) is 0.607. The number of benzene rings is 1. The molecule has 1 heterocycles. The largest absolute Gasteiger partial charge is 0.491 e. The van der Waals surface area contributed by atoms with E-state index in [4.69, 9.17) is 9.47 Å². The molecule has 0 fully saturated rings. The lowest BCUT2D eigenvalue weighted by Crippen LogP contribution is -2.50. The van der Waals surface area contributed by atoms with E-state index in [0.29, 0.717) is 11.3 Å². The third kappa shape index (κ3) is 6.74. The predicted molar refractivity (Wildman–Crippen MR) is 149 cm³/mol.